The normalized spacial score (nSPS) is 9.62. The molecule has 5 heteroatoms. The van der Waals surface area contributed by atoms with Gasteiger partial charge in [0.05, 0.1) is 5.56 Å². The average molecular weight is 282 g/mol. The predicted molar refractivity (Wildman–Crippen MR) is 79.0 cm³/mol. The highest BCUT2D eigenvalue weighted by molar-refractivity contribution is 6.05. The van der Waals surface area contributed by atoms with Crippen molar-refractivity contribution in [1.82, 2.24) is 4.98 Å². The van der Waals surface area contributed by atoms with Crippen LogP contribution in [0.25, 0.3) is 0 Å². The van der Waals surface area contributed by atoms with Crippen molar-refractivity contribution in [3.05, 3.63) is 53.2 Å². The fourth-order valence-corrected chi connectivity index (χ4v) is 1.74. The Balaban J connectivity index is 2.19. The number of pyridine rings is 1. The van der Waals surface area contributed by atoms with Crippen LogP contribution < -0.4 is 5.32 Å². The van der Waals surface area contributed by atoms with Gasteiger partial charge in [-0.05, 0) is 36.8 Å². The maximum Gasteiger partial charge on any atom is 0.260 e. The molecule has 0 saturated heterocycles. The van der Waals surface area contributed by atoms with Gasteiger partial charge < -0.3 is 15.5 Å². The third-order valence-corrected chi connectivity index (χ3v) is 2.71. The van der Waals surface area contributed by atoms with E-state index in [1.54, 1.807) is 24.3 Å². The summed E-state index contributed by atoms with van der Waals surface area (Å²) in [4.78, 5) is 16.1. The first-order valence-electron chi connectivity index (χ1n) is 6.27. The van der Waals surface area contributed by atoms with Crippen molar-refractivity contribution in [2.45, 2.75) is 6.92 Å². The highest BCUT2D eigenvalue weighted by atomic mass is 16.3. The van der Waals surface area contributed by atoms with Crippen molar-refractivity contribution in [3.8, 4) is 17.6 Å². The van der Waals surface area contributed by atoms with Crippen LogP contribution in [0.5, 0.6) is 5.75 Å². The Labute approximate surface area is 122 Å². The molecule has 0 aliphatic heterocycles. The Morgan fingerprint density at radius 2 is 2.14 bits per heavy atom. The first-order chi connectivity index (χ1) is 10.1. The van der Waals surface area contributed by atoms with Crippen LogP contribution in [0.4, 0.5) is 5.82 Å². The fraction of sp³-hybridized carbons (Fsp3) is 0.125. The molecule has 3 N–H and O–H groups in total. The number of aromatic hydroxyl groups is 1. The molecule has 0 bridgehead atoms. The van der Waals surface area contributed by atoms with Crippen LogP contribution in [0.15, 0.2) is 36.5 Å². The van der Waals surface area contributed by atoms with Crippen molar-refractivity contribution >= 4 is 11.7 Å². The second-order valence-corrected chi connectivity index (χ2v) is 4.36. The third kappa shape index (κ3) is 3.81. The van der Waals surface area contributed by atoms with Gasteiger partial charge in [0.25, 0.3) is 5.91 Å². The molecule has 0 aliphatic carbocycles. The lowest BCUT2D eigenvalue weighted by molar-refractivity contribution is 0.102. The first kappa shape index (κ1) is 14.6. The Morgan fingerprint density at radius 3 is 2.86 bits per heavy atom. The third-order valence-electron chi connectivity index (χ3n) is 2.71. The second kappa shape index (κ2) is 6.55. The number of amides is 1. The van der Waals surface area contributed by atoms with Gasteiger partial charge in [-0.1, -0.05) is 17.9 Å². The Morgan fingerprint density at radius 1 is 1.33 bits per heavy atom. The minimum Gasteiger partial charge on any atom is -0.507 e. The first-order valence-corrected chi connectivity index (χ1v) is 6.27. The highest BCUT2D eigenvalue weighted by Gasteiger charge is 2.11. The molecule has 0 atom stereocenters. The number of hydrogen-bond donors (Lipinski definition) is 3. The van der Waals surface area contributed by atoms with E-state index in [1.165, 1.54) is 12.3 Å². The summed E-state index contributed by atoms with van der Waals surface area (Å²) in [7, 11) is 0. The van der Waals surface area contributed by atoms with Crippen LogP contribution in [-0.4, -0.2) is 27.7 Å². The zero-order chi connectivity index (χ0) is 15.2. The number of aliphatic hydroxyl groups is 1. The van der Waals surface area contributed by atoms with Crippen molar-refractivity contribution in [3.63, 3.8) is 0 Å². The van der Waals surface area contributed by atoms with Crippen LogP contribution in [0, 0.1) is 18.8 Å². The summed E-state index contributed by atoms with van der Waals surface area (Å²) in [5.41, 5.74) is 1.67. The van der Waals surface area contributed by atoms with Gasteiger partial charge in [-0.3, -0.25) is 4.79 Å². The quantitative estimate of drug-likeness (QED) is 0.732. The molecule has 0 spiro atoms. The molecule has 0 fully saturated rings. The summed E-state index contributed by atoms with van der Waals surface area (Å²) < 4.78 is 0. The zero-order valence-corrected chi connectivity index (χ0v) is 11.4. The number of carbonyl (C=O) groups is 1. The van der Waals surface area contributed by atoms with Crippen LogP contribution in [0.3, 0.4) is 0 Å². The molecule has 0 saturated carbocycles. The minimum absolute atomic E-state index is 0.0799. The number of carbonyl (C=O) groups excluding carboxylic acids is 1. The molecule has 21 heavy (non-hydrogen) atoms. The lowest BCUT2D eigenvalue weighted by Gasteiger charge is -2.07. The van der Waals surface area contributed by atoms with Crippen molar-refractivity contribution in [1.29, 1.82) is 0 Å². The number of aryl methyl sites for hydroxylation is 1. The number of benzene rings is 1. The van der Waals surface area contributed by atoms with E-state index in [4.69, 9.17) is 5.11 Å². The lowest BCUT2D eigenvalue weighted by atomic mass is 10.1. The lowest BCUT2D eigenvalue weighted by Crippen LogP contribution is -2.13. The molecule has 0 unspecified atom stereocenters. The van der Waals surface area contributed by atoms with E-state index in [-0.39, 0.29) is 17.9 Å². The summed E-state index contributed by atoms with van der Waals surface area (Å²) in [5.74, 6) is 5.04. The van der Waals surface area contributed by atoms with Gasteiger partial charge >= 0.3 is 0 Å². The molecule has 1 amide bonds. The van der Waals surface area contributed by atoms with Gasteiger partial charge in [-0.25, -0.2) is 4.98 Å². The number of phenolic OH excluding ortho intramolecular Hbond substituents is 1. The maximum absolute atomic E-state index is 12.1. The molecule has 1 heterocycles. The van der Waals surface area contributed by atoms with Gasteiger partial charge in [0.1, 0.15) is 18.2 Å². The van der Waals surface area contributed by atoms with Gasteiger partial charge in [0, 0.05) is 11.8 Å². The molecule has 0 aliphatic rings. The summed E-state index contributed by atoms with van der Waals surface area (Å²) in [6, 6.07) is 8.07. The van der Waals surface area contributed by atoms with Gasteiger partial charge in [-0.15, -0.1) is 0 Å². The SMILES string of the molecule is Cc1ccc(C(=O)Nc2cc(C#CCO)ccn2)c(O)c1. The fourth-order valence-electron chi connectivity index (χ4n) is 1.74. The van der Waals surface area contributed by atoms with Crippen molar-refractivity contribution in [2.24, 2.45) is 0 Å². The molecule has 5 nitrogen and oxygen atoms in total. The highest BCUT2D eigenvalue weighted by Crippen LogP contribution is 2.19. The average Bonchev–Trinajstić information content (AvgIpc) is 2.45. The van der Waals surface area contributed by atoms with E-state index >= 15 is 0 Å². The van der Waals surface area contributed by atoms with Crippen LogP contribution in [-0.2, 0) is 0 Å². The van der Waals surface area contributed by atoms with Crippen LogP contribution >= 0.6 is 0 Å². The Bertz CT molecular complexity index is 730. The number of rotatable bonds is 2. The van der Waals surface area contributed by atoms with Gasteiger partial charge in [0.2, 0.25) is 0 Å². The summed E-state index contributed by atoms with van der Waals surface area (Å²) >= 11 is 0. The van der Waals surface area contributed by atoms with Crippen molar-refractivity contribution in [2.75, 3.05) is 11.9 Å². The number of hydrogen-bond acceptors (Lipinski definition) is 4. The number of anilines is 1. The molecule has 1 aromatic carbocycles. The largest absolute Gasteiger partial charge is 0.507 e. The Kier molecular flexibility index (Phi) is 4.54. The van der Waals surface area contributed by atoms with E-state index in [9.17, 15) is 9.90 Å². The number of aromatic nitrogens is 1. The van der Waals surface area contributed by atoms with E-state index in [1.807, 2.05) is 6.92 Å². The van der Waals surface area contributed by atoms with E-state index in [2.05, 4.69) is 22.1 Å². The van der Waals surface area contributed by atoms with E-state index < -0.39 is 5.91 Å². The number of nitrogens with zero attached hydrogens (tertiary/aromatic N) is 1. The van der Waals surface area contributed by atoms with Gasteiger partial charge in [0.15, 0.2) is 0 Å². The standard InChI is InChI=1S/C16H14N2O3/c1-11-4-5-13(14(20)9-11)16(21)18-15-10-12(3-2-8-19)6-7-17-15/h4-7,9-10,19-20H,8H2,1H3,(H,17,18,21). The van der Waals surface area contributed by atoms with Crippen molar-refractivity contribution < 1.29 is 15.0 Å². The van der Waals surface area contributed by atoms with Crippen LogP contribution in [0.1, 0.15) is 21.5 Å². The van der Waals surface area contributed by atoms with Gasteiger partial charge in [-0.2, -0.15) is 0 Å². The maximum atomic E-state index is 12.1. The molecule has 1 aromatic heterocycles. The Hall–Kier alpha value is -2.84. The molecule has 0 radical (unpaired) electrons. The molecule has 2 rings (SSSR count). The summed E-state index contributed by atoms with van der Waals surface area (Å²) in [6.45, 7) is 1.59. The number of nitrogens with one attached hydrogen (secondary N) is 1. The minimum atomic E-state index is -0.452. The number of phenols is 1. The number of aliphatic hydroxyl groups excluding tert-OH is 1. The van der Waals surface area contributed by atoms with Crippen LogP contribution in [0.2, 0.25) is 0 Å². The summed E-state index contributed by atoms with van der Waals surface area (Å²) in [6.07, 6.45) is 1.51. The molecular formula is C16H14N2O3. The molecular weight excluding hydrogens is 268 g/mol. The molecule has 106 valence electrons. The molecule has 2 aromatic rings. The second-order valence-electron chi connectivity index (χ2n) is 4.36. The smallest absolute Gasteiger partial charge is 0.260 e. The topological polar surface area (TPSA) is 82.5 Å². The van der Waals surface area contributed by atoms with E-state index in [0.717, 1.165) is 5.56 Å². The monoisotopic (exact) mass is 282 g/mol. The predicted octanol–water partition coefficient (Wildman–Crippen LogP) is 1.69. The zero-order valence-electron chi connectivity index (χ0n) is 11.4. The van der Waals surface area contributed by atoms with E-state index in [0.29, 0.717) is 11.4 Å². The summed E-state index contributed by atoms with van der Waals surface area (Å²) in [5, 5.41) is 21.0.